The Bertz CT molecular complexity index is 774. The molecule has 0 bridgehead atoms. The summed E-state index contributed by atoms with van der Waals surface area (Å²) >= 11 is 6.17. The quantitative estimate of drug-likeness (QED) is 0.837. The van der Waals surface area contributed by atoms with Gasteiger partial charge < -0.3 is 15.5 Å². The van der Waals surface area contributed by atoms with Crippen LogP contribution in [0.1, 0.15) is 30.1 Å². The van der Waals surface area contributed by atoms with Crippen LogP contribution in [0.4, 0.5) is 10.5 Å². The number of nitrogens with zero attached hydrogens (tertiary/aromatic N) is 4. The van der Waals surface area contributed by atoms with Crippen LogP contribution in [0.2, 0.25) is 5.02 Å². The van der Waals surface area contributed by atoms with E-state index in [1.165, 1.54) is 6.33 Å². The molecule has 3 amide bonds. The number of rotatable bonds is 5. The Kier molecular flexibility index (Phi) is 5.72. The van der Waals surface area contributed by atoms with Crippen LogP contribution in [0.15, 0.2) is 30.9 Å². The molecular formula is C17H21ClN6O2. The zero-order chi connectivity index (χ0) is 18.5. The number of urea groups is 1. The van der Waals surface area contributed by atoms with Crippen molar-refractivity contribution in [2.45, 2.75) is 32.4 Å². The summed E-state index contributed by atoms with van der Waals surface area (Å²) in [5.74, 6) is -0.0397. The Labute approximate surface area is 156 Å². The van der Waals surface area contributed by atoms with Gasteiger partial charge in [-0.25, -0.2) is 9.78 Å². The number of hydrogen-bond donors (Lipinski definition) is 2. The molecule has 2 heterocycles. The number of aromatic nitrogens is 3. The van der Waals surface area contributed by atoms with Crippen LogP contribution >= 0.6 is 11.6 Å². The van der Waals surface area contributed by atoms with Gasteiger partial charge in [0.15, 0.2) is 0 Å². The van der Waals surface area contributed by atoms with Gasteiger partial charge in [0.1, 0.15) is 12.7 Å². The van der Waals surface area contributed by atoms with Crippen LogP contribution in [0.3, 0.4) is 0 Å². The first kappa shape index (κ1) is 18.2. The van der Waals surface area contributed by atoms with Crippen molar-refractivity contribution >= 4 is 29.2 Å². The van der Waals surface area contributed by atoms with E-state index in [2.05, 4.69) is 20.7 Å². The predicted molar refractivity (Wildman–Crippen MR) is 98.2 cm³/mol. The van der Waals surface area contributed by atoms with Crippen LogP contribution in [0.25, 0.3) is 0 Å². The number of amides is 3. The van der Waals surface area contributed by atoms with Crippen molar-refractivity contribution in [3.63, 3.8) is 0 Å². The average Bonchev–Trinajstić information content (AvgIpc) is 3.29. The molecule has 1 atom stereocenters. The van der Waals surface area contributed by atoms with Gasteiger partial charge in [-0.1, -0.05) is 11.6 Å². The second-order valence-corrected chi connectivity index (χ2v) is 6.72. The smallest absolute Gasteiger partial charge is 0.319 e. The molecule has 0 saturated carbocycles. The molecule has 9 heteroatoms. The van der Waals surface area contributed by atoms with Crippen molar-refractivity contribution in [1.82, 2.24) is 25.0 Å². The standard InChI is InChI=1S/C17H21ClN6O2/c1-12(9-24-11-19-10-20-24)21-17(26)22-15-8-13(4-5-14(15)18)16(25)23-6-2-3-7-23/h4-5,8,10-12H,2-3,6-7,9H2,1H3,(H2,21,22,26)/t12-/m0/s1. The van der Waals surface area contributed by atoms with Gasteiger partial charge in [0.25, 0.3) is 5.91 Å². The first-order valence-electron chi connectivity index (χ1n) is 8.51. The number of nitrogens with one attached hydrogen (secondary N) is 2. The zero-order valence-electron chi connectivity index (χ0n) is 14.5. The third kappa shape index (κ3) is 4.51. The maximum Gasteiger partial charge on any atom is 0.319 e. The third-order valence-electron chi connectivity index (χ3n) is 4.16. The van der Waals surface area contributed by atoms with E-state index in [1.54, 1.807) is 29.2 Å². The summed E-state index contributed by atoms with van der Waals surface area (Å²) in [6.45, 7) is 3.89. The highest BCUT2D eigenvalue weighted by atomic mass is 35.5. The van der Waals surface area contributed by atoms with E-state index in [-0.39, 0.29) is 11.9 Å². The topological polar surface area (TPSA) is 92.1 Å². The Morgan fingerprint density at radius 2 is 2.08 bits per heavy atom. The molecule has 3 rings (SSSR count). The van der Waals surface area contributed by atoms with E-state index in [0.29, 0.717) is 22.8 Å². The van der Waals surface area contributed by atoms with Gasteiger partial charge in [0, 0.05) is 24.7 Å². The molecule has 1 aromatic heterocycles. The summed E-state index contributed by atoms with van der Waals surface area (Å²) in [5, 5.41) is 9.89. The van der Waals surface area contributed by atoms with Crippen LogP contribution in [0, 0.1) is 0 Å². The first-order chi connectivity index (χ1) is 12.5. The van der Waals surface area contributed by atoms with Crippen molar-refractivity contribution in [2.24, 2.45) is 0 Å². The summed E-state index contributed by atoms with van der Waals surface area (Å²) in [7, 11) is 0. The molecule has 0 radical (unpaired) electrons. The van der Waals surface area contributed by atoms with E-state index in [4.69, 9.17) is 11.6 Å². The lowest BCUT2D eigenvalue weighted by Gasteiger charge is -2.17. The fourth-order valence-corrected chi connectivity index (χ4v) is 3.06. The molecule has 26 heavy (non-hydrogen) atoms. The molecule has 1 aliphatic rings. The van der Waals surface area contributed by atoms with Gasteiger partial charge >= 0.3 is 6.03 Å². The monoisotopic (exact) mass is 376 g/mol. The Hall–Kier alpha value is -2.61. The predicted octanol–water partition coefficient (Wildman–Crippen LogP) is 2.38. The normalized spacial score (nSPS) is 14.9. The Balaban J connectivity index is 1.61. The van der Waals surface area contributed by atoms with Gasteiger partial charge in [-0.3, -0.25) is 9.48 Å². The van der Waals surface area contributed by atoms with Gasteiger partial charge in [-0.15, -0.1) is 0 Å². The minimum absolute atomic E-state index is 0.0397. The molecule has 138 valence electrons. The molecule has 2 aromatic rings. The molecule has 1 aliphatic heterocycles. The Morgan fingerprint density at radius 3 is 2.77 bits per heavy atom. The lowest BCUT2D eigenvalue weighted by atomic mass is 10.1. The van der Waals surface area contributed by atoms with Crippen molar-refractivity contribution in [3.8, 4) is 0 Å². The molecule has 0 aliphatic carbocycles. The summed E-state index contributed by atoms with van der Waals surface area (Å²) in [5.41, 5.74) is 0.921. The second-order valence-electron chi connectivity index (χ2n) is 6.31. The molecular weight excluding hydrogens is 356 g/mol. The fraction of sp³-hybridized carbons (Fsp3) is 0.412. The molecule has 1 aromatic carbocycles. The second kappa shape index (κ2) is 8.18. The van der Waals surface area contributed by atoms with Crippen LogP contribution in [-0.4, -0.2) is 50.7 Å². The lowest BCUT2D eigenvalue weighted by molar-refractivity contribution is 0.0793. The number of halogens is 1. The maximum absolute atomic E-state index is 12.5. The number of benzene rings is 1. The number of carbonyl (C=O) groups is 2. The van der Waals surface area contributed by atoms with Gasteiger partial charge in [0.05, 0.1) is 17.3 Å². The van der Waals surface area contributed by atoms with Gasteiger partial charge in [0.2, 0.25) is 0 Å². The minimum atomic E-state index is -0.398. The molecule has 8 nitrogen and oxygen atoms in total. The Morgan fingerprint density at radius 1 is 1.31 bits per heavy atom. The van der Waals surface area contributed by atoms with Crippen molar-refractivity contribution in [3.05, 3.63) is 41.4 Å². The SMILES string of the molecule is C[C@@H](Cn1cncn1)NC(=O)Nc1cc(C(=O)N2CCCC2)ccc1Cl. The highest BCUT2D eigenvalue weighted by molar-refractivity contribution is 6.33. The summed E-state index contributed by atoms with van der Waals surface area (Å²) in [6, 6.07) is 4.36. The number of anilines is 1. The highest BCUT2D eigenvalue weighted by Crippen LogP contribution is 2.24. The highest BCUT2D eigenvalue weighted by Gasteiger charge is 2.20. The summed E-state index contributed by atoms with van der Waals surface area (Å²) in [6.07, 6.45) is 5.07. The average molecular weight is 377 g/mol. The lowest BCUT2D eigenvalue weighted by Crippen LogP contribution is -2.38. The third-order valence-corrected chi connectivity index (χ3v) is 4.49. The number of carbonyl (C=O) groups excluding carboxylic acids is 2. The largest absolute Gasteiger partial charge is 0.339 e. The minimum Gasteiger partial charge on any atom is -0.339 e. The van der Waals surface area contributed by atoms with Gasteiger partial charge in [-0.2, -0.15) is 5.10 Å². The molecule has 2 N–H and O–H groups in total. The van der Waals surface area contributed by atoms with Crippen molar-refractivity contribution in [2.75, 3.05) is 18.4 Å². The van der Waals surface area contributed by atoms with E-state index < -0.39 is 6.03 Å². The fourth-order valence-electron chi connectivity index (χ4n) is 2.89. The van der Waals surface area contributed by atoms with Crippen molar-refractivity contribution in [1.29, 1.82) is 0 Å². The van der Waals surface area contributed by atoms with Crippen molar-refractivity contribution < 1.29 is 9.59 Å². The summed E-state index contributed by atoms with van der Waals surface area (Å²) in [4.78, 5) is 30.4. The molecule has 0 spiro atoms. The molecule has 1 saturated heterocycles. The van der Waals surface area contributed by atoms with E-state index in [9.17, 15) is 9.59 Å². The molecule has 1 fully saturated rings. The van der Waals surface area contributed by atoms with E-state index >= 15 is 0 Å². The van der Waals surface area contributed by atoms with Crippen LogP contribution in [0.5, 0.6) is 0 Å². The zero-order valence-corrected chi connectivity index (χ0v) is 15.2. The maximum atomic E-state index is 12.5. The first-order valence-corrected chi connectivity index (χ1v) is 8.89. The number of likely N-dealkylation sites (tertiary alicyclic amines) is 1. The van der Waals surface area contributed by atoms with Crippen LogP contribution in [-0.2, 0) is 6.54 Å². The van der Waals surface area contributed by atoms with Crippen LogP contribution < -0.4 is 10.6 Å². The van der Waals surface area contributed by atoms with E-state index in [0.717, 1.165) is 25.9 Å². The molecule has 0 unspecified atom stereocenters. The summed E-state index contributed by atoms with van der Waals surface area (Å²) < 4.78 is 1.63. The van der Waals surface area contributed by atoms with Gasteiger partial charge in [-0.05, 0) is 38.0 Å². The number of hydrogen-bond acceptors (Lipinski definition) is 4. The van der Waals surface area contributed by atoms with E-state index in [1.807, 2.05) is 11.8 Å².